The minimum Gasteiger partial charge on any atom is -0.480 e. The van der Waals surface area contributed by atoms with Gasteiger partial charge in [-0.25, -0.2) is 4.79 Å². The Balaban J connectivity index is 3.91. The minimum absolute atomic E-state index is 0.207. The van der Waals surface area contributed by atoms with E-state index in [1.54, 1.807) is 0 Å². The lowest BCUT2D eigenvalue weighted by Crippen LogP contribution is -2.41. The van der Waals surface area contributed by atoms with Crippen molar-refractivity contribution in [2.45, 2.75) is 58.5 Å². The van der Waals surface area contributed by atoms with Crippen LogP contribution < -0.4 is 10.6 Å². The van der Waals surface area contributed by atoms with Crippen LogP contribution in [0.3, 0.4) is 0 Å². The Morgan fingerprint density at radius 1 is 1.29 bits per heavy atom. The predicted molar refractivity (Wildman–Crippen MR) is 66.8 cm³/mol. The summed E-state index contributed by atoms with van der Waals surface area (Å²) in [5.74, 6) is -1.16. The first kappa shape index (κ1) is 15.9. The number of unbranched alkanes of at least 4 members (excludes halogenated alkanes) is 1. The summed E-state index contributed by atoms with van der Waals surface area (Å²) in [6.07, 6.45) is 2.54. The van der Waals surface area contributed by atoms with Crippen LogP contribution in [0.1, 0.15) is 46.5 Å². The van der Waals surface area contributed by atoms with Gasteiger partial charge in [-0.3, -0.25) is 4.79 Å². The number of carbonyl (C=O) groups is 2. The number of nitrogens with one attached hydrogen (secondary N) is 2. The molecule has 0 aromatic heterocycles. The number of hydrogen-bond donors (Lipinski definition) is 3. The van der Waals surface area contributed by atoms with Gasteiger partial charge >= 0.3 is 5.97 Å². The Morgan fingerprint density at radius 2 is 1.94 bits per heavy atom. The van der Waals surface area contributed by atoms with E-state index >= 15 is 0 Å². The molecule has 0 saturated heterocycles. The molecule has 1 unspecified atom stereocenters. The van der Waals surface area contributed by atoms with E-state index in [0.29, 0.717) is 25.4 Å². The van der Waals surface area contributed by atoms with Gasteiger partial charge in [-0.1, -0.05) is 33.6 Å². The summed E-state index contributed by atoms with van der Waals surface area (Å²) in [5, 5.41) is 14.6. The van der Waals surface area contributed by atoms with E-state index in [0.717, 1.165) is 12.8 Å². The monoisotopic (exact) mass is 244 g/mol. The molecule has 0 saturated carbocycles. The first-order valence-corrected chi connectivity index (χ1v) is 6.23. The van der Waals surface area contributed by atoms with Crippen molar-refractivity contribution in [3.05, 3.63) is 0 Å². The van der Waals surface area contributed by atoms with Gasteiger partial charge in [0.1, 0.15) is 6.04 Å². The number of aliphatic carboxylic acids is 1. The van der Waals surface area contributed by atoms with Crippen LogP contribution in [-0.2, 0) is 9.59 Å². The van der Waals surface area contributed by atoms with Gasteiger partial charge < -0.3 is 15.7 Å². The maximum absolute atomic E-state index is 11.5. The Labute approximate surface area is 103 Å². The van der Waals surface area contributed by atoms with E-state index in [1.807, 2.05) is 20.8 Å². The van der Waals surface area contributed by atoms with Crippen molar-refractivity contribution >= 4 is 11.9 Å². The number of amides is 1. The lowest BCUT2D eigenvalue weighted by molar-refractivity contribution is -0.142. The highest BCUT2D eigenvalue weighted by atomic mass is 16.4. The van der Waals surface area contributed by atoms with Crippen LogP contribution in [0.4, 0.5) is 0 Å². The maximum atomic E-state index is 11.5. The Hall–Kier alpha value is -1.10. The third kappa shape index (κ3) is 8.68. The van der Waals surface area contributed by atoms with Crippen molar-refractivity contribution in [3.63, 3.8) is 0 Å². The van der Waals surface area contributed by atoms with Crippen LogP contribution >= 0.6 is 0 Å². The second-order valence-corrected chi connectivity index (χ2v) is 4.46. The normalized spacial score (nSPS) is 12.5. The van der Waals surface area contributed by atoms with E-state index in [4.69, 9.17) is 5.11 Å². The van der Waals surface area contributed by atoms with Crippen LogP contribution in [-0.4, -0.2) is 35.6 Å². The van der Waals surface area contributed by atoms with E-state index in [1.165, 1.54) is 0 Å². The Bertz CT molecular complexity index is 242. The minimum atomic E-state index is -0.955. The van der Waals surface area contributed by atoms with Crippen LogP contribution in [0.5, 0.6) is 0 Å². The second-order valence-electron chi connectivity index (χ2n) is 4.46. The van der Waals surface area contributed by atoms with Crippen LogP contribution in [0.15, 0.2) is 0 Å². The molecule has 0 fully saturated rings. The van der Waals surface area contributed by atoms with E-state index in [9.17, 15) is 9.59 Å². The molecule has 0 aromatic rings. The molecule has 5 heteroatoms. The van der Waals surface area contributed by atoms with Gasteiger partial charge in [0.15, 0.2) is 0 Å². The zero-order valence-corrected chi connectivity index (χ0v) is 11.0. The van der Waals surface area contributed by atoms with Gasteiger partial charge in [0.05, 0.1) is 0 Å². The summed E-state index contributed by atoms with van der Waals surface area (Å²) in [5.41, 5.74) is 0. The topological polar surface area (TPSA) is 78.4 Å². The smallest absolute Gasteiger partial charge is 0.326 e. The molecular weight excluding hydrogens is 220 g/mol. The molecular formula is C12H24N2O3. The van der Waals surface area contributed by atoms with Gasteiger partial charge in [-0.15, -0.1) is 0 Å². The second kappa shape index (κ2) is 8.98. The van der Waals surface area contributed by atoms with Crippen molar-refractivity contribution in [1.82, 2.24) is 10.6 Å². The van der Waals surface area contributed by atoms with Gasteiger partial charge in [0, 0.05) is 19.0 Å². The fourth-order valence-corrected chi connectivity index (χ4v) is 1.41. The number of hydrogen-bond acceptors (Lipinski definition) is 3. The molecule has 0 aliphatic heterocycles. The highest BCUT2D eigenvalue weighted by Gasteiger charge is 2.18. The average molecular weight is 244 g/mol. The molecule has 0 rings (SSSR count). The third-order valence-electron chi connectivity index (χ3n) is 2.38. The number of carboxylic acid groups (broad SMARTS) is 1. The van der Waals surface area contributed by atoms with Gasteiger partial charge in [0.25, 0.3) is 0 Å². The summed E-state index contributed by atoms with van der Waals surface area (Å²) in [6.45, 7) is 6.56. The van der Waals surface area contributed by atoms with Crippen molar-refractivity contribution in [2.75, 3.05) is 6.54 Å². The van der Waals surface area contributed by atoms with Gasteiger partial charge in [0.2, 0.25) is 5.91 Å². The summed E-state index contributed by atoms with van der Waals surface area (Å²) in [7, 11) is 0. The third-order valence-corrected chi connectivity index (χ3v) is 2.38. The lowest BCUT2D eigenvalue weighted by Gasteiger charge is -2.14. The standard InChI is InChI=1S/C12H24N2O3/c1-4-5-6-10(12(16)17)14-11(15)7-8-13-9(2)3/h9-10,13H,4-8H2,1-3H3,(H,14,15)(H,16,17). The van der Waals surface area contributed by atoms with Crippen LogP contribution in [0, 0.1) is 0 Å². The SMILES string of the molecule is CCCCC(NC(=O)CCNC(C)C)C(=O)O. The van der Waals surface area contributed by atoms with E-state index in [2.05, 4.69) is 10.6 Å². The fraction of sp³-hybridized carbons (Fsp3) is 0.833. The molecule has 1 amide bonds. The number of carboxylic acids is 1. The van der Waals surface area contributed by atoms with Gasteiger partial charge in [-0.05, 0) is 6.42 Å². The molecule has 0 aliphatic carbocycles. The fourth-order valence-electron chi connectivity index (χ4n) is 1.41. The molecule has 17 heavy (non-hydrogen) atoms. The molecule has 0 spiro atoms. The average Bonchev–Trinajstić information content (AvgIpc) is 2.23. The zero-order valence-electron chi connectivity index (χ0n) is 11.0. The van der Waals surface area contributed by atoms with Crippen molar-refractivity contribution in [3.8, 4) is 0 Å². The summed E-state index contributed by atoms with van der Waals surface area (Å²) >= 11 is 0. The molecule has 0 radical (unpaired) electrons. The molecule has 0 aliphatic rings. The van der Waals surface area contributed by atoms with Gasteiger partial charge in [-0.2, -0.15) is 0 Å². The molecule has 100 valence electrons. The maximum Gasteiger partial charge on any atom is 0.326 e. The first-order chi connectivity index (χ1) is 7.97. The molecule has 5 nitrogen and oxygen atoms in total. The highest BCUT2D eigenvalue weighted by Crippen LogP contribution is 2.01. The van der Waals surface area contributed by atoms with E-state index in [-0.39, 0.29) is 5.91 Å². The summed E-state index contributed by atoms with van der Waals surface area (Å²) in [6, 6.07) is -0.417. The highest BCUT2D eigenvalue weighted by molar-refractivity contribution is 5.83. The van der Waals surface area contributed by atoms with Crippen molar-refractivity contribution < 1.29 is 14.7 Å². The Morgan fingerprint density at radius 3 is 2.41 bits per heavy atom. The zero-order chi connectivity index (χ0) is 13.3. The summed E-state index contributed by atoms with van der Waals surface area (Å²) < 4.78 is 0. The van der Waals surface area contributed by atoms with Crippen LogP contribution in [0.2, 0.25) is 0 Å². The van der Waals surface area contributed by atoms with Crippen LogP contribution in [0.25, 0.3) is 0 Å². The first-order valence-electron chi connectivity index (χ1n) is 6.23. The molecule has 0 aromatic carbocycles. The Kier molecular flexibility index (Phi) is 8.40. The summed E-state index contributed by atoms with van der Waals surface area (Å²) in [4.78, 5) is 22.4. The molecule has 1 atom stereocenters. The van der Waals surface area contributed by atoms with E-state index < -0.39 is 12.0 Å². The molecule has 3 N–H and O–H groups in total. The molecule has 0 bridgehead atoms. The number of carbonyl (C=O) groups excluding carboxylic acids is 1. The number of rotatable bonds is 9. The molecule has 0 heterocycles. The lowest BCUT2D eigenvalue weighted by atomic mass is 10.1. The quantitative estimate of drug-likeness (QED) is 0.568. The van der Waals surface area contributed by atoms with Crippen molar-refractivity contribution in [2.24, 2.45) is 0 Å². The predicted octanol–water partition coefficient (Wildman–Crippen LogP) is 1.13. The largest absolute Gasteiger partial charge is 0.480 e. The van der Waals surface area contributed by atoms with Crippen molar-refractivity contribution in [1.29, 1.82) is 0 Å².